The van der Waals surface area contributed by atoms with Crippen molar-refractivity contribution in [1.82, 2.24) is 4.72 Å². The number of anilines is 1. The molecule has 1 aromatic carbocycles. The molecule has 3 N–H and O–H groups in total. The second-order valence-electron chi connectivity index (χ2n) is 3.57. The average molecular weight is 321 g/mol. The minimum absolute atomic E-state index is 0.00944. The Morgan fingerprint density at radius 1 is 1.37 bits per heavy atom. The largest absolute Gasteiger partial charge is 0.398 e. The van der Waals surface area contributed by atoms with E-state index in [9.17, 15) is 26.0 Å². The summed E-state index contributed by atoms with van der Waals surface area (Å²) in [5.74, 6) is -4.47. The third-order valence-electron chi connectivity index (χ3n) is 2.08. The summed E-state index contributed by atoms with van der Waals surface area (Å²) in [5.41, 5.74) is 5.12. The molecule has 0 aliphatic rings. The maximum atomic E-state index is 12.6. The molecule has 1 rings (SSSR count). The number of rotatable bonds is 5. The lowest BCUT2D eigenvalue weighted by molar-refractivity contribution is -0.122. The van der Waals surface area contributed by atoms with Gasteiger partial charge in [-0.3, -0.25) is 0 Å². The van der Waals surface area contributed by atoms with Crippen LogP contribution in [0.4, 0.5) is 23.2 Å². The summed E-state index contributed by atoms with van der Waals surface area (Å²) in [6.45, 7) is -1.74. The number of hydrogen-bond acceptors (Lipinski definition) is 3. The molecule has 4 nitrogen and oxygen atoms in total. The molecule has 0 unspecified atom stereocenters. The van der Waals surface area contributed by atoms with Gasteiger partial charge < -0.3 is 5.73 Å². The van der Waals surface area contributed by atoms with Crippen molar-refractivity contribution in [2.45, 2.75) is 17.2 Å². The Kier molecular flexibility index (Phi) is 4.64. The Hall–Kier alpha value is -1.06. The number of benzene rings is 1. The third-order valence-corrected chi connectivity index (χ3v) is 3.77. The van der Waals surface area contributed by atoms with Gasteiger partial charge in [0.15, 0.2) is 0 Å². The summed E-state index contributed by atoms with van der Waals surface area (Å²) in [5, 5.41) is 0.00944. The van der Waals surface area contributed by atoms with E-state index in [-0.39, 0.29) is 10.7 Å². The Morgan fingerprint density at radius 3 is 2.47 bits per heavy atom. The summed E-state index contributed by atoms with van der Waals surface area (Å²) in [7, 11) is -4.45. The fourth-order valence-corrected chi connectivity index (χ4v) is 2.52. The van der Waals surface area contributed by atoms with Gasteiger partial charge in [0.2, 0.25) is 10.0 Å². The molecule has 0 saturated heterocycles. The minimum atomic E-state index is -4.47. The zero-order valence-corrected chi connectivity index (χ0v) is 10.8. The molecule has 0 aromatic heterocycles. The van der Waals surface area contributed by atoms with E-state index in [2.05, 4.69) is 0 Å². The summed E-state index contributed by atoms with van der Waals surface area (Å²) < 4.78 is 73.7. The highest BCUT2D eigenvalue weighted by atomic mass is 35.5. The van der Waals surface area contributed by atoms with Crippen LogP contribution in [0.25, 0.3) is 0 Å². The molecule has 0 atom stereocenters. The third kappa shape index (κ3) is 3.95. The second-order valence-corrected chi connectivity index (χ2v) is 5.74. The van der Waals surface area contributed by atoms with E-state index >= 15 is 0 Å². The lowest BCUT2D eigenvalue weighted by Gasteiger charge is -2.16. The summed E-state index contributed by atoms with van der Waals surface area (Å²) in [6.07, 6.45) is -3.98. The van der Waals surface area contributed by atoms with E-state index in [0.717, 1.165) is 12.1 Å². The van der Waals surface area contributed by atoms with Gasteiger partial charge in [-0.25, -0.2) is 21.9 Å². The predicted molar refractivity (Wildman–Crippen MR) is 62.0 cm³/mol. The van der Waals surface area contributed by atoms with Crippen molar-refractivity contribution >= 4 is 27.3 Å². The summed E-state index contributed by atoms with van der Waals surface area (Å²) >= 11 is 5.55. The van der Waals surface area contributed by atoms with E-state index in [1.165, 1.54) is 10.8 Å². The van der Waals surface area contributed by atoms with Crippen LogP contribution < -0.4 is 10.5 Å². The molecule has 0 heterocycles. The first kappa shape index (κ1) is 16.0. The van der Waals surface area contributed by atoms with Crippen molar-refractivity contribution in [2.24, 2.45) is 0 Å². The molecule has 0 fully saturated rings. The highest BCUT2D eigenvalue weighted by Crippen LogP contribution is 2.25. The SMILES string of the molecule is Nc1ccc(Cl)cc1S(=O)(=O)NCC(F)(F)C(F)F. The minimum Gasteiger partial charge on any atom is -0.398 e. The van der Waals surface area contributed by atoms with Gasteiger partial charge in [0.1, 0.15) is 4.90 Å². The molecule has 0 bridgehead atoms. The average Bonchev–Trinajstić information content (AvgIpc) is 2.30. The fraction of sp³-hybridized carbons (Fsp3) is 0.333. The number of nitrogen functional groups attached to an aromatic ring is 1. The van der Waals surface area contributed by atoms with E-state index in [1.54, 1.807) is 0 Å². The zero-order chi connectivity index (χ0) is 14.8. The first-order chi connectivity index (χ1) is 8.56. The van der Waals surface area contributed by atoms with Crippen LogP contribution in [0.2, 0.25) is 5.02 Å². The van der Waals surface area contributed by atoms with Crippen molar-refractivity contribution in [2.75, 3.05) is 12.3 Å². The predicted octanol–water partition coefficient (Wildman–Crippen LogP) is 2.10. The van der Waals surface area contributed by atoms with Gasteiger partial charge in [-0.2, -0.15) is 8.78 Å². The van der Waals surface area contributed by atoms with E-state index in [1.807, 2.05) is 0 Å². The summed E-state index contributed by atoms with van der Waals surface area (Å²) in [6, 6.07) is 3.38. The van der Waals surface area contributed by atoms with Crippen LogP contribution in [0, 0.1) is 0 Å². The van der Waals surface area contributed by atoms with Crippen molar-refractivity contribution in [3.05, 3.63) is 23.2 Å². The number of alkyl halides is 4. The lowest BCUT2D eigenvalue weighted by atomic mass is 10.3. The molecule has 0 radical (unpaired) electrons. The molecule has 10 heteroatoms. The smallest absolute Gasteiger partial charge is 0.320 e. The number of nitrogens with one attached hydrogen (secondary N) is 1. The highest BCUT2D eigenvalue weighted by Gasteiger charge is 2.41. The molecule has 0 aliphatic heterocycles. The zero-order valence-electron chi connectivity index (χ0n) is 9.21. The normalized spacial score (nSPS) is 12.9. The Balaban J connectivity index is 2.97. The monoisotopic (exact) mass is 320 g/mol. The lowest BCUT2D eigenvalue weighted by Crippen LogP contribution is -2.41. The van der Waals surface area contributed by atoms with Crippen LogP contribution in [-0.4, -0.2) is 27.3 Å². The van der Waals surface area contributed by atoms with Gasteiger partial charge in [0, 0.05) is 5.02 Å². The quantitative estimate of drug-likeness (QED) is 0.644. The van der Waals surface area contributed by atoms with Crippen LogP contribution in [0.15, 0.2) is 23.1 Å². The standard InChI is InChI=1S/C9H9ClF4N2O2S/c10-5-1-2-6(15)7(3-5)19(17,18)16-4-9(13,14)8(11)12/h1-3,8,16H,4,15H2. The van der Waals surface area contributed by atoms with Crippen LogP contribution in [0.5, 0.6) is 0 Å². The van der Waals surface area contributed by atoms with Crippen LogP contribution in [0.3, 0.4) is 0 Å². The van der Waals surface area contributed by atoms with Gasteiger partial charge in [-0.1, -0.05) is 11.6 Å². The van der Waals surface area contributed by atoms with Crippen LogP contribution in [-0.2, 0) is 10.0 Å². The van der Waals surface area contributed by atoms with Crippen LogP contribution >= 0.6 is 11.6 Å². The molecule has 108 valence electrons. The maximum Gasteiger partial charge on any atom is 0.320 e. The number of sulfonamides is 1. The Morgan fingerprint density at radius 2 is 1.95 bits per heavy atom. The van der Waals surface area contributed by atoms with Gasteiger partial charge in [-0.15, -0.1) is 0 Å². The van der Waals surface area contributed by atoms with E-state index in [4.69, 9.17) is 17.3 Å². The maximum absolute atomic E-state index is 12.6. The molecule has 0 aliphatic carbocycles. The van der Waals surface area contributed by atoms with Crippen molar-refractivity contribution < 1.29 is 26.0 Å². The van der Waals surface area contributed by atoms with Crippen molar-refractivity contribution in [3.63, 3.8) is 0 Å². The molecule has 19 heavy (non-hydrogen) atoms. The van der Waals surface area contributed by atoms with Gasteiger partial charge in [-0.05, 0) is 18.2 Å². The van der Waals surface area contributed by atoms with Crippen molar-refractivity contribution in [3.8, 4) is 0 Å². The molecule has 1 aromatic rings. The number of nitrogens with two attached hydrogens (primary N) is 1. The summed E-state index contributed by atoms with van der Waals surface area (Å²) in [4.78, 5) is -0.551. The first-order valence-corrected chi connectivity index (χ1v) is 6.63. The first-order valence-electron chi connectivity index (χ1n) is 4.77. The number of halogens is 5. The molecular formula is C9H9ClF4N2O2S. The van der Waals surface area contributed by atoms with Crippen molar-refractivity contribution in [1.29, 1.82) is 0 Å². The molecule has 0 amide bonds. The van der Waals surface area contributed by atoms with E-state index < -0.39 is 33.8 Å². The second kappa shape index (κ2) is 5.51. The molecular weight excluding hydrogens is 312 g/mol. The number of hydrogen-bond donors (Lipinski definition) is 2. The van der Waals surface area contributed by atoms with Crippen LogP contribution in [0.1, 0.15) is 0 Å². The Labute approximate surface area is 111 Å². The van der Waals surface area contributed by atoms with Gasteiger partial charge in [0.05, 0.1) is 12.2 Å². The topological polar surface area (TPSA) is 72.2 Å². The Bertz CT molecular complexity index is 565. The molecule has 0 saturated carbocycles. The fourth-order valence-electron chi connectivity index (χ4n) is 1.09. The van der Waals surface area contributed by atoms with Gasteiger partial charge in [0.25, 0.3) is 0 Å². The molecule has 0 spiro atoms. The van der Waals surface area contributed by atoms with E-state index in [0.29, 0.717) is 0 Å². The highest BCUT2D eigenvalue weighted by molar-refractivity contribution is 7.89. The van der Waals surface area contributed by atoms with Gasteiger partial charge >= 0.3 is 12.3 Å².